The molecule has 0 aliphatic heterocycles. The Morgan fingerprint density at radius 1 is 1.13 bits per heavy atom. The normalized spacial score (nSPS) is 15.7. The van der Waals surface area contributed by atoms with Crippen LogP contribution in [0.2, 0.25) is 19.6 Å². The van der Waals surface area contributed by atoms with Gasteiger partial charge in [0, 0.05) is 7.11 Å². The number of hydrogen-bond acceptors (Lipinski definition) is 1. The van der Waals surface area contributed by atoms with Gasteiger partial charge in [-0.1, -0.05) is 54.3 Å². The number of benzene rings is 1. The van der Waals surface area contributed by atoms with Gasteiger partial charge in [0.1, 0.15) is 7.59 Å². The number of rotatable bonds is 4. The molecule has 82 valence electrons. The largest absolute Gasteiger partial charge is 0.419 e. The summed E-state index contributed by atoms with van der Waals surface area (Å²) in [4.78, 5) is 0. The highest BCUT2D eigenvalue weighted by Crippen LogP contribution is 2.20. The lowest BCUT2D eigenvalue weighted by molar-refractivity contribution is 0.424. The summed E-state index contributed by atoms with van der Waals surface area (Å²) in [5, 5.41) is 1.46. The van der Waals surface area contributed by atoms with Gasteiger partial charge in [-0.2, -0.15) is 0 Å². The molecular weight excluding hydrogens is 216 g/mol. The van der Waals surface area contributed by atoms with Gasteiger partial charge in [-0.25, -0.2) is 0 Å². The summed E-state index contributed by atoms with van der Waals surface area (Å²) < 4.78 is 5.79. The van der Waals surface area contributed by atoms with E-state index in [0.717, 1.165) is 0 Å². The van der Waals surface area contributed by atoms with Crippen LogP contribution in [0.3, 0.4) is 0 Å². The topological polar surface area (TPSA) is 9.23 Å². The van der Waals surface area contributed by atoms with Crippen molar-refractivity contribution >= 4 is 20.6 Å². The molecular formula is C12H20OSi2. The Hall–Kier alpha value is -0.646. The van der Waals surface area contributed by atoms with Crippen LogP contribution in [-0.2, 0) is 4.43 Å². The summed E-state index contributed by atoms with van der Waals surface area (Å²) in [7, 11) is -1.47. The van der Waals surface area contributed by atoms with E-state index in [4.69, 9.17) is 4.43 Å². The standard InChI is InChI=1S/C12H20OSi2/c1-6-15(5,13-2)14(3,4)12-10-8-7-9-11-12/h6-11H,1H2,2-5H3. The minimum atomic E-state index is -1.76. The molecule has 1 atom stereocenters. The molecule has 1 unspecified atom stereocenters. The van der Waals surface area contributed by atoms with Crippen LogP contribution in [0, 0.1) is 0 Å². The zero-order valence-electron chi connectivity index (χ0n) is 10.1. The Balaban J connectivity index is 3.17. The quantitative estimate of drug-likeness (QED) is 0.730. The van der Waals surface area contributed by atoms with E-state index in [1.807, 2.05) is 7.11 Å². The van der Waals surface area contributed by atoms with E-state index < -0.39 is 15.4 Å². The average molecular weight is 236 g/mol. The second-order valence-corrected chi connectivity index (χ2v) is 18.1. The smallest absolute Gasteiger partial charge is 0.204 e. The predicted octanol–water partition coefficient (Wildman–Crippen LogP) is 2.63. The lowest BCUT2D eigenvalue weighted by Crippen LogP contribution is -2.65. The lowest BCUT2D eigenvalue weighted by atomic mass is 10.4. The Labute approximate surface area is 94.7 Å². The zero-order valence-corrected chi connectivity index (χ0v) is 12.1. The summed E-state index contributed by atoms with van der Waals surface area (Å²) in [6.07, 6.45) is 0. The van der Waals surface area contributed by atoms with E-state index in [9.17, 15) is 0 Å². The van der Waals surface area contributed by atoms with E-state index >= 15 is 0 Å². The maximum atomic E-state index is 5.79. The van der Waals surface area contributed by atoms with Crippen LogP contribution in [0.4, 0.5) is 0 Å². The molecule has 1 aromatic rings. The van der Waals surface area contributed by atoms with Crippen molar-refractivity contribution in [2.75, 3.05) is 7.11 Å². The van der Waals surface area contributed by atoms with Crippen molar-refractivity contribution in [1.29, 1.82) is 0 Å². The van der Waals surface area contributed by atoms with Crippen molar-refractivity contribution < 1.29 is 4.43 Å². The van der Waals surface area contributed by atoms with Crippen molar-refractivity contribution in [3.05, 3.63) is 42.6 Å². The second kappa shape index (κ2) is 4.47. The fourth-order valence-electron chi connectivity index (χ4n) is 1.74. The highest BCUT2D eigenvalue weighted by molar-refractivity contribution is 7.45. The first-order chi connectivity index (χ1) is 6.98. The van der Waals surface area contributed by atoms with E-state index in [1.54, 1.807) is 0 Å². The molecule has 0 aromatic heterocycles. The molecule has 1 aromatic carbocycles. The SMILES string of the molecule is C=C[Si](C)(OC)[Si](C)(C)c1ccccc1. The van der Waals surface area contributed by atoms with Crippen molar-refractivity contribution in [2.24, 2.45) is 0 Å². The summed E-state index contributed by atoms with van der Waals surface area (Å²) in [6, 6.07) is 10.7. The third-order valence-electron chi connectivity index (χ3n) is 3.55. The summed E-state index contributed by atoms with van der Waals surface area (Å²) in [5.74, 6) is 0. The van der Waals surface area contributed by atoms with Gasteiger partial charge in [-0.3, -0.25) is 0 Å². The molecule has 0 radical (unpaired) electrons. The number of hydrogen-bond donors (Lipinski definition) is 0. The van der Waals surface area contributed by atoms with Gasteiger partial charge in [-0.15, -0.1) is 6.58 Å². The maximum Gasteiger partial charge on any atom is 0.204 e. The molecule has 0 saturated heterocycles. The molecule has 0 spiro atoms. The van der Waals surface area contributed by atoms with Gasteiger partial charge < -0.3 is 4.43 Å². The maximum absolute atomic E-state index is 5.79. The fraction of sp³-hybridized carbons (Fsp3) is 0.333. The molecule has 0 heterocycles. The highest BCUT2D eigenvalue weighted by atomic mass is 29.3. The van der Waals surface area contributed by atoms with Gasteiger partial charge in [0.05, 0.1) is 0 Å². The first-order valence-electron chi connectivity index (χ1n) is 5.22. The molecule has 1 rings (SSSR count). The van der Waals surface area contributed by atoms with E-state index in [0.29, 0.717) is 0 Å². The van der Waals surface area contributed by atoms with Crippen LogP contribution in [-0.4, -0.2) is 22.5 Å². The highest BCUT2D eigenvalue weighted by Gasteiger charge is 2.45. The molecule has 0 aliphatic rings. The van der Waals surface area contributed by atoms with Gasteiger partial charge in [0.15, 0.2) is 0 Å². The summed E-state index contributed by atoms with van der Waals surface area (Å²) in [6.45, 7) is 11.0. The van der Waals surface area contributed by atoms with Gasteiger partial charge in [0.2, 0.25) is 7.83 Å². The van der Waals surface area contributed by atoms with E-state index in [-0.39, 0.29) is 0 Å². The molecule has 0 bridgehead atoms. The predicted molar refractivity (Wildman–Crippen MR) is 72.4 cm³/mol. The monoisotopic (exact) mass is 236 g/mol. The van der Waals surface area contributed by atoms with Crippen LogP contribution in [0.1, 0.15) is 0 Å². The van der Waals surface area contributed by atoms with Crippen molar-refractivity contribution in [2.45, 2.75) is 19.6 Å². The Bertz CT molecular complexity index is 335. The summed E-state index contributed by atoms with van der Waals surface area (Å²) in [5.41, 5.74) is 2.08. The van der Waals surface area contributed by atoms with Crippen LogP contribution >= 0.6 is 0 Å². The van der Waals surface area contributed by atoms with Gasteiger partial charge in [-0.05, 0) is 6.55 Å². The van der Waals surface area contributed by atoms with Crippen molar-refractivity contribution in [3.8, 4) is 0 Å². The summed E-state index contributed by atoms with van der Waals surface area (Å²) >= 11 is 0. The van der Waals surface area contributed by atoms with Crippen LogP contribution < -0.4 is 5.19 Å². The van der Waals surface area contributed by atoms with Crippen molar-refractivity contribution in [1.82, 2.24) is 0 Å². The second-order valence-electron chi connectivity index (χ2n) is 4.51. The molecule has 1 nitrogen and oxygen atoms in total. The first-order valence-corrected chi connectivity index (χ1v) is 11.7. The molecule has 3 heteroatoms. The molecule has 15 heavy (non-hydrogen) atoms. The third-order valence-corrected chi connectivity index (χ3v) is 19.0. The van der Waals surface area contributed by atoms with Crippen molar-refractivity contribution in [3.63, 3.8) is 0 Å². The molecule has 0 fully saturated rings. The molecule has 0 aliphatic carbocycles. The van der Waals surface area contributed by atoms with E-state index in [2.05, 4.69) is 62.3 Å². The lowest BCUT2D eigenvalue weighted by Gasteiger charge is -2.37. The zero-order chi connectivity index (χ0) is 11.5. The van der Waals surface area contributed by atoms with Crippen LogP contribution in [0.15, 0.2) is 42.6 Å². The first kappa shape index (κ1) is 12.4. The molecule has 0 saturated carbocycles. The minimum Gasteiger partial charge on any atom is -0.419 e. The Kier molecular flexibility index (Phi) is 3.70. The Morgan fingerprint density at radius 2 is 1.67 bits per heavy atom. The third kappa shape index (κ3) is 2.14. The van der Waals surface area contributed by atoms with E-state index in [1.165, 1.54) is 5.19 Å². The minimum absolute atomic E-state index is 1.46. The van der Waals surface area contributed by atoms with Crippen LogP contribution in [0.25, 0.3) is 0 Å². The fourth-order valence-corrected chi connectivity index (χ4v) is 9.80. The van der Waals surface area contributed by atoms with Crippen LogP contribution in [0.5, 0.6) is 0 Å². The molecule has 0 N–H and O–H groups in total. The average Bonchev–Trinajstić information content (AvgIpc) is 2.29. The van der Waals surface area contributed by atoms with Gasteiger partial charge in [0.25, 0.3) is 0 Å². The Morgan fingerprint density at radius 3 is 2.07 bits per heavy atom. The molecule has 0 amide bonds. The van der Waals surface area contributed by atoms with Gasteiger partial charge >= 0.3 is 0 Å².